The number of benzene rings is 1. The molecule has 1 aromatic rings. The van der Waals surface area contributed by atoms with Gasteiger partial charge in [-0.3, -0.25) is 14.5 Å². The van der Waals surface area contributed by atoms with Crippen LogP contribution in [0.1, 0.15) is 69.3 Å². The summed E-state index contributed by atoms with van der Waals surface area (Å²) in [5.41, 5.74) is 0.648. The van der Waals surface area contributed by atoms with Gasteiger partial charge in [0.2, 0.25) is 5.91 Å². The standard InChI is InChI=1S/C23H31N3O3/c1-25-22(29)26(21(28)23(25)14-6-3-7-15-23)16-20(27)24-19-12-10-18(11-13-19)17-8-4-2-5-9-17/h2,4-5,8-9,18-19H,3,6-7,10-16H2,1H3,(H,24,27). The van der Waals surface area contributed by atoms with Gasteiger partial charge >= 0.3 is 6.03 Å². The average Bonchev–Trinajstić information content (AvgIpc) is 2.92. The summed E-state index contributed by atoms with van der Waals surface area (Å²) in [7, 11) is 1.70. The van der Waals surface area contributed by atoms with Crippen LogP contribution in [-0.2, 0) is 9.59 Å². The lowest BCUT2D eigenvalue weighted by atomic mass is 9.81. The number of nitrogens with one attached hydrogen (secondary N) is 1. The van der Waals surface area contributed by atoms with Gasteiger partial charge in [0.25, 0.3) is 5.91 Å². The normalized spacial score (nSPS) is 26.8. The fraction of sp³-hybridized carbons (Fsp3) is 0.609. The van der Waals surface area contributed by atoms with Crippen LogP contribution in [0.15, 0.2) is 30.3 Å². The molecule has 29 heavy (non-hydrogen) atoms. The van der Waals surface area contributed by atoms with Crippen LogP contribution in [0.4, 0.5) is 4.79 Å². The number of rotatable bonds is 4. The van der Waals surface area contributed by atoms with Gasteiger partial charge in [-0.15, -0.1) is 0 Å². The minimum atomic E-state index is -0.719. The van der Waals surface area contributed by atoms with E-state index in [2.05, 4.69) is 29.6 Å². The molecule has 0 atom stereocenters. The van der Waals surface area contributed by atoms with E-state index in [0.717, 1.165) is 49.8 Å². The summed E-state index contributed by atoms with van der Waals surface area (Å²) in [4.78, 5) is 41.0. The lowest BCUT2D eigenvalue weighted by Gasteiger charge is -2.35. The van der Waals surface area contributed by atoms with Gasteiger partial charge in [0.15, 0.2) is 0 Å². The van der Waals surface area contributed by atoms with Crippen molar-refractivity contribution in [1.29, 1.82) is 0 Å². The largest absolute Gasteiger partial charge is 0.352 e. The van der Waals surface area contributed by atoms with E-state index >= 15 is 0 Å². The van der Waals surface area contributed by atoms with Crippen molar-refractivity contribution in [2.75, 3.05) is 13.6 Å². The number of urea groups is 1. The highest BCUT2D eigenvalue weighted by molar-refractivity contribution is 6.08. The number of imide groups is 1. The highest BCUT2D eigenvalue weighted by atomic mass is 16.2. The van der Waals surface area contributed by atoms with E-state index in [4.69, 9.17) is 0 Å². The minimum absolute atomic E-state index is 0.122. The molecule has 0 bridgehead atoms. The van der Waals surface area contributed by atoms with Crippen LogP contribution in [0.2, 0.25) is 0 Å². The number of carbonyl (C=O) groups is 3. The van der Waals surface area contributed by atoms with Gasteiger partial charge < -0.3 is 10.2 Å². The third kappa shape index (κ3) is 3.77. The van der Waals surface area contributed by atoms with Crippen molar-refractivity contribution in [2.24, 2.45) is 0 Å². The Hall–Kier alpha value is -2.37. The number of nitrogens with zero attached hydrogens (tertiary/aromatic N) is 2. The first-order chi connectivity index (χ1) is 14.0. The summed E-state index contributed by atoms with van der Waals surface area (Å²) in [6, 6.07) is 10.3. The van der Waals surface area contributed by atoms with Gasteiger partial charge in [0.1, 0.15) is 12.1 Å². The quantitative estimate of drug-likeness (QED) is 0.792. The number of carbonyl (C=O) groups excluding carboxylic acids is 3. The van der Waals surface area contributed by atoms with Crippen LogP contribution in [0, 0.1) is 0 Å². The molecule has 156 valence electrons. The van der Waals surface area contributed by atoms with Crippen LogP contribution in [0.3, 0.4) is 0 Å². The summed E-state index contributed by atoms with van der Waals surface area (Å²) in [5, 5.41) is 3.06. The van der Waals surface area contributed by atoms with Crippen molar-refractivity contribution < 1.29 is 14.4 Å². The van der Waals surface area contributed by atoms with Gasteiger partial charge in [0, 0.05) is 13.1 Å². The van der Waals surface area contributed by atoms with Crippen LogP contribution in [-0.4, -0.2) is 52.8 Å². The lowest BCUT2D eigenvalue weighted by Crippen LogP contribution is -2.50. The maximum atomic E-state index is 13.0. The molecule has 2 aliphatic carbocycles. The highest BCUT2D eigenvalue weighted by Crippen LogP contribution is 2.39. The first-order valence-electron chi connectivity index (χ1n) is 11.0. The zero-order valence-corrected chi connectivity index (χ0v) is 17.2. The highest BCUT2D eigenvalue weighted by Gasteiger charge is 2.55. The van der Waals surface area contributed by atoms with Gasteiger partial charge in [-0.2, -0.15) is 0 Å². The molecular formula is C23H31N3O3. The monoisotopic (exact) mass is 397 g/mol. The minimum Gasteiger partial charge on any atom is -0.352 e. The van der Waals surface area contributed by atoms with Crippen molar-refractivity contribution in [1.82, 2.24) is 15.1 Å². The Morgan fingerprint density at radius 3 is 2.34 bits per heavy atom. The topological polar surface area (TPSA) is 69.7 Å². The Labute approximate surface area is 172 Å². The van der Waals surface area contributed by atoms with E-state index in [1.807, 2.05) is 6.07 Å². The number of likely N-dealkylation sites (N-methyl/N-ethyl adjacent to an activating group) is 1. The molecule has 0 radical (unpaired) electrons. The molecule has 2 saturated carbocycles. The maximum absolute atomic E-state index is 13.0. The number of amides is 4. The van der Waals surface area contributed by atoms with Crippen LogP contribution < -0.4 is 5.32 Å². The van der Waals surface area contributed by atoms with Crippen LogP contribution in [0.5, 0.6) is 0 Å². The second-order valence-corrected chi connectivity index (χ2v) is 8.85. The van der Waals surface area contributed by atoms with Crippen molar-refractivity contribution in [3.63, 3.8) is 0 Å². The van der Waals surface area contributed by atoms with Crippen molar-refractivity contribution in [2.45, 2.75) is 75.3 Å². The molecule has 1 N–H and O–H groups in total. The average molecular weight is 398 g/mol. The molecule has 6 heteroatoms. The van der Waals surface area contributed by atoms with E-state index in [-0.39, 0.29) is 30.4 Å². The third-order valence-corrected chi connectivity index (χ3v) is 7.15. The zero-order valence-electron chi connectivity index (χ0n) is 17.2. The summed E-state index contributed by atoms with van der Waals surface area (Å²) >= 11 is 0. The molecule has 1 aliphatic heterocycles. The predicted molar refractivity (Wildman–Crippen MR) is 110 cm³/mol. The second-order valence-electron chi connectivity index (χ2n) is 8.85. The second kappa shape index (κ2) is 8.17. The summed E-state index contributed by atoms with van der Waals surface area (Å²) in [5.74, 6) is 0.134. The van der Waals surface area contributed by atoms with Crippen molar-refractivity contribution in [3.05, 3.63) is 35.9 Å². The molecule has 4 amide bonds. The summed E-state index contributed by atoms with van der Waals surface area (Å²) in [6.07, 6.45) is 8.36. The molecule has 3 aliphatic rings. The molecule has 6 nitrogen and oxygen atoms in total. The van der Waals surface area contributed by atoms with E-state index in [1.165, 1.54) is 5.56 Å². The zero-order chi connectivity index (χ0) is 20.4. The Balaban J connectivity index is 1.31. The van der Waals surface area contributed by atoms with Gasteiger partial charge in [-0.1, -0.05) is 49.6 Å². The SMILES string of the molecule is CN1C(=O)N(CC(=O)NC2CCC(c3ccccc3)CC2)C(=O)C12CCCCC2. The summed E-state index contributed by atoms with van der Waals surface area (Å²) in [6.45, 7) is -0.164. The van der Waals surface area contributed by atoms with Crippen molar-refractivity contribution in [3.8, 4) is 0 Å². The molecule has 0 aromatic heterocycles. The van der Waals surface area contributed by atoms with Crippen LogP contribution in [0.25, 0.3) is 0 Å². The lowest BCUT2D eigenvalue weighted by molar-refractivity contribution is -0.137. The molecule has 1 spiro atoms. The van der Waals surface area contributed by atoms with E-state index in [1.54, 1.807) is 11.9 Å². The smallest absolute Gasteiger partial charge is 0.327 e. The van der Waals surface area contributed by atoms with E-state index in [0.29, 0.717) is 18.8 Å². The predicted octanol–water partition coefficient (Wildman–Crippen LogP) is 3.43. The fourth-order valence-corrected chi connectivity index (χ4v) is 5.38. The molecular weight excluding hydrogens is 366 g/mol. The van der Waals surface area contributed by atoms with Gasteiger partial charge in [-0.25, -0.2) is 4.79 Å². The molecule has 0 unspecified atom stereocenters. The van der Waals surface area contributed by atoms with E-state index in [9.17, 15) is 14.4 Å². The van der Waals surface area contributed by atoms with Crippen molar-refractivity contribution >= 4 is 17.8 Å². The van der Waals surface area contributed by atoms with Gasteiger partial charge in [-0.05, 0) is 50.0 Å². The Morgan fingerprint density at radius 2 is 1.69 bits per heavy atom. The number of hydrogen-bond acceptors (Lipinski definition) is 3. The summed E-state index contributed by atoms with van der Waals surface area (Å²) < 4.78 is 0. The molecule has 1 saturated heterocycles. The Morgan fingerprint density at radius 1 is 1.03 bits per heavy atom. The molecule has 1 aromatic carbocycles. The van der Waals surface area contributed by atoms with Gasteiger partial charge in [0.05, 0.1) is 0 Å². The molecule has 4 rings (SSSR count). The Kier molecular flexibility index (Phi) is 5.61. The van der Waals surface area contributed by atoms with Crippen LogP contribution >= 0.6 is 0 Å². The maximum Gasteiger partial charge on any atom is 0.327 e. The van der Waals surface area contributed by atoms with E-state index < -0.39 is 5.54 Å². The first-order valence-corrected chi connectivity index (χ1v) is 11.0. The Bertz CT molecular complexity index is 765. The first kappa shape index (κ1) is 19.9. The molecule has 1 heterocycles. The fourth-order valence-electron chi connectivity index (χ4n) is 5.38. The number of hydrogen-bond donors (Lipinski definition) is 1. The molecule has 3 fully saturated rings. The third-order valence-electron chi connectivity index (χ3n) is 7.15.